The van der Waals surface area contributed by atoms with E-state index in [2.05, 4.69) is 10.2 Å². The topological polar surface area (TPSA) is 50.8 Å². The highest BCUT2D eigenvalue weighted by molar-refractivity contribution is 6.35. The second-order valence-corrected chi connectivity index (χ2v) is 6.10. The Labute approximate surface area is 140 Å². The Morgan fingerprint density at radius 2 is 2.18 bits per heavy atom. The van der Waals surface area contributed by atoms with Gasteiger partial charge in [0.15, 0.2) is 6.61 Å². The number of benzene rings is 1. The number of amides is 1. The average Bonchev–Trinajstić information content (AvgIpc) is 2.78. The van der Waals surface area contributed by atoms with Gasteiger partial charge >= 0.3 is 0 Å². The van der Waals surface area contributed by atoms with Crippen molar-refractivity contribution in [1.29, 1.82) is 0 Å². The molecule has 1 aromatic carbocycles. The lowest BCUT2D eigenvalue weighted by Gasteiger charge is -2.20. The minimum absolute atomic E-state index is 0.0121. The fourth-order valence-corrected chi connectivity index (χ4v) is 2.93. The summed E-state index contributed by atoms with van der Waals surface area (Å²) in [6.07, 6.45) is 0.0121. The van der Waals surface area contributed by atoms with Gasteiger partial charge in [0.1, 0.15) is 5.75 Å². The van der Waals surface area contributed by atoms with Gasteiger partial charge in [-0.05, 0) is 32.2 Å². The quantitative estimate of drug-likeness (QED) is 0.857. The van der Waals surface area contributed by atoms with Crippen molar-refractivity contribution in [3.8, 4) is 5.75 Å². The number of rotatable bonds is 6. The van der Waals surface area contributed by atoms with Crippen LogP contribution in [0.1, 0.15) is 6.92 Å². The number of hydrogen-bond donors (Lipinski definition) is 1. The van der Waals surface area contributed by atoms with Crippen molar-refractivity contribution in [2.45, 2.75) is 19.1 Å². The van der Waals surface area contributed by atoms with Crippen LogP contribution in [0.5, 0.6) is 5.75 Å². The van der Waals surface area contributed by atoms with Crippen molar-refractivity contribution >= 4 is 29.1 Å². The highest BCUT2D eigenvalue weighted by Crippen LogP contribution is 2.27. The Hall–Kier alpha value is -1.01. The third-order valence-corrected chi connectivity index (χ3v) is 3.96. The van der Waals surface area contributed by atoms with Gasteiger partial charge in [-0.25, -0.2) is 0 Å². The molecule has 2 atom stereocenters. The summed E-state index contributed by atoms with van der Waals surface area (Å²) in [7, 11) is 2.00. The van der Waals surface area contributed by atoms with E-state index in [1.807, 2.05) is 14.0 Å². The summed E-state index contributed by atoms with van der Waals surface area (Å²) in [5.41, 5.74) is 0. The van der Waals surface area contributed by atoms with Gasteiger partial charge in [0.05, 0.1) is 17.2 Å². The van der Waals surface area contributed by atoms with E-state index in [1.165, 1.54) is 0 Å². The number of hydrogen-bond acceptors (Lipinski definition) is 4. The number of likely N-dealkylation sites (N-methyl/N-ethyl adjacent to an activating group) is 1. The number of nitrogens with zero attached hydrogens (tertiary/aromatic N) is 1. The van der Waals surface area contributed by atoms with Gasteiger partial charge in [-0.3, -0.25) is 4.79 Å². The number of halogens is 2. The molecule has 1 fully saturated rings. The second-order valence-electron chi connectivity index (χ2n) is 5.25. The lowest BCUT2D eigenvalue weighted by atomic mass is 10.2. The monoisotopic (exact) mass is 346 g/mol. The Morgan fingerprint density at radius 1 is 1.41 bits per heavy atom. The first-order chi connectivity index (χ1) is 10.5. The molecule has 1 saturated heterocycles. The lowest BCUT2D eigenvalue weighted by Crippen LogP contribution is -2.45. The molecule has 2 unspecified atom stereocenters. The molecule has 0 radical (unpaired) electrons. The van der Waals surface area contributed by atoms with Crippen molar-refractivity contribution < 1.29 is 14.3 Å². The van der Waals surface area contributed by atoms with E-state index in [-0.39, 0.29) is 24.7 Å². The molecular weight excluding hydrogens is 327 g/mol. The number of nitrogens with one attached hydrogen (secondary N) is 1. The summed E-state index contributed by atoms with van der Waals surface area (Å²) in [4.78, 5) is 14.2. The summed E-state index contributed by atoms with van der Waals surface area (Å²) < 4.78 is 11.1. The van der Waals surface area contributed by atoms with Crippen molar-refractivity contribution in [2.24, 2.45) is 0 Å². The van der Waals surface area contributed by atoms with Crippen LogP contribution in [0, 0.1) is 0 Å². The first-order valence-electron chi connectivity index (χ1n) is 7.17. The summed E-state index contributed by atoms with van der Waals surface area (Å²) in [5, 5.41) is 3.85. The van der Waals surface area contributed by atoms with Gasteiger partial charge < -0.3 is 19.7 Å². The second kappa shape index (κ2) is 8.02. The number of carbonyl (C=O) groups excluding carboxylic acids is 1. The molecule has 122 valence electrons. The predicted octanol–water partition coefficient (Wildman–Crippen LogP) is 2.21. The van der Waals surface area contributed by atoms with Gasteiger partial charge in [0.2, 0.25) is 0 Å². The maximum absolute atomic E-state index is 12.0. The molecule has 0 saturated carbocycles. The van der Waals surface area contributed by atoms with Gasteiger partial charge in [-0.1, -0.05) is 23.2 Å². The first kappa shape index (κ1) is 17.3. The van der Waals surface area contributed by atoms with Gasteiger partial charge in [-0.15, -0.1) is 0 Å². The molecule has 5 nitrogen and oxygen atoms in total. The first-order valence-corrected chi connectivity index (χ1v) is 7.92. The van der Waals surface area contributed by atoms with Crippen LogP contribution in [-0.2, 0) is 9.53 Å². The minimum atomic E-state index is -0.198. The van der Waals surface area contributed by atoms with Crippen LogP contribution in [0.2, 0.25) is 10.0 Å². The highest BCUT2D eigenvalue weighted by atomic mass is 35.5. The zero-order valence-corrected chi connectivity index (χ0v) is 14.2. The van der Waals surface area contributed by atoms with E-state index in [9.17, 15) is 4.79 Å². The van der Waals surface area contributed by atoms with E-state index in [0.29, 0.717) is 22.4 Å². The molecule has 0 spiro atoms. The smallest absolute Gasteiger partial charge is 0.258 e. The number of ether oxygens (including phenoxy) is 2. The third kappa shape index (κ3) is 4.74. The molecule has 1 aromatic rings. The molecule has 2 rings (SSSR count). The Morgan fingerprint density at radius 3 is 2.86 bits per heavy atom. The molecule has 0 bridgehead atoms. The SMILES string of the molecule is CCOC1CN(C)CC1NC(=O)COc1ccc(Cl)cc1Cl. The largest absolute Gasteiger partial charge is 0.482 e. The van der Waals surface area contributed by atoms with Gasteiger partial charge in [-0.2, -0.15) is 0 Å². The fraction of sp³-hybridized carbons (Fsp3) is 0.533. The third-order valence-electron chi connectivity index (χ3n) is 3.43. The lowest BCUT2D eigenvalue weighted by molar-refractivity contribution is -0.124. The molecule has 0 aromatic heterocycles. The number of carbonyl (C=O) groups is 1. The van der Waals surface area contributed by atoms with Crippen LogP contribution < -0.4 is 10.1 Å². The van der Waals surface area contributed by atoms with Crippen molar-refractivity contribution in [3.63, 3.8) is 0 Å². The van der Waals surface area contributed by atoms with Crippen LogP contribution in [0.3, 0.4) is 0 Å². The maximum Gasteiger partial charge on any atom is 0.258 e. The zero-order chi connectivity index (χ0) is 16.1. The van der Waals surface area contributed by atoms with E-state index in [0.717, 1.165) is 13.1 Å². The molecular formula is C15H20Cl2N2O3. The predicted molar refractivity (Wildman–Crippen MR) is 86.8 cm³/mol. The minimum Gasteiger partial charge on any atom is -0.482 e. The van der Waals surface area contributed by atoms with Crippen LogP contribution in [0.25, 0.3) is 0 Å². The molecule has 7 heteroatoms. The van der Waals surface area contributed by atoms with Crippen molar-refractivity contribution in [1.82, 2.24) is 10.2 Å². The Bertz CT molecular complexity index is 528. The number of likely N-dealkylation sites (tertiary alicyclic amines) is 1. The van der Waals surface area contributed by atoms with E-state index >= 15 is 0 Å². The van der Waals surface area contributed by atoms with Gasteiger partial charge in [0, 0.05) is 24.7 Å². The molecule has 1 N–H and O–H groups in total. The van der Waals surface area contributed by atoms with Crippen LogP contribution in [0.15, 0.2) is 18.2 Å². The highest BCUT2D eigenvalue weighted by Gasteiger charge is 2.32. The molecule has 1 aliphatic rings. The van der Waals surface area contributed by atoms with E-state index < -0.39 is 0 Å². The zero-order valence-electron chi connectivity index (χ0n) is 12.6. The summed E-state index contributed by atoms with van der Waals surface area (Å²) in [6.45, 7) is 4.05. The standard InChI is InChI=1S/C15H20Cl2N2O3/c1-3-21-14-8-19(2)7-12(14)18-15(20)9-22-13-5-4-10(16)6-11(13)17/h4-6,12,14H,3,7-9H2,1-2H3,(H,18,20). The van der Waals surface area contributed by atoms with E-state index in [4.69, 9.17) is 32.7 Å². The van der Waals surface area contributed by atoms with Crippen LogP contribution >= 0.6 is 23.2 Å². The Kier molecular flexibility index (Phi) is 6.32. The summed E-state index contributed by atoms with van der Waals surface area (Å²) in [5.74, 6) is 0.238. The molecule has 1 heterocycles. The summed E-state index contributed by atoms with van der Waals surface area (Å²) in [6, 6.07) is 4.86. The van der Waals surface area contributed by atoms with E-state index in [1.54, 1.807) is 18.2 Å². The maximum atomic E-state index is 12.0. The van der Waals surface area contributed by atoms with Crippen LogP contribution in [-0.4, -0.2) is 56.3 Å². The Balaban J connectivity index is 1.84. The van der Waals surface area contributed by atoms with Crippen molar-refractivity contribution in [2.75, 3.05) is 33.4 Å². The molecule has 22 heavy (non-hydrogen) atoms. The average molecular weight is 347 g/mol. The molecule has 1 amide bonds. The van der Waals surface area contributed by atoms with Crippen molar-refractivity contribution in [3.05, 3.63) is 28.2 Å². The van der Waals surface area contributed by atoms with Gasteiger partial charge in [0.25, 0.3) is 5.91 Å². The van der Waals surface area contributed by atoms with Crippen LogP contribution in [0.4, 0.5) is 0 Å². The fourth-order valence-electron chi connectivity index (χ4n) is 2.47. The molecule has 1 aliphatic heterocycles. The normalized spacial score (nSPS) is 21.8. The molecule has 0 aliphatic carbocycles. The summed E-state index contributed by atoms with van der Waals surface area (Å²) >= 11 is 11.8.